The fourth-order valence-electron chi connectivity index (χ4n) is 2.82. The maximum atomic E-state index is 12.2. The normalized spacial score (nSPS) is 17.4. The van der Waals surface area contributed by atoms with Gasteiger partial charge in [0, 0.05) is 11.0 Å². The zero-order chi connectivity index (χ0) is 13.9. The van der Waals surface area contributed by atoms with Crippen molar-refractivity contribution < 1.29 is 4.79 Å². The molecule has 1 aromatic carbocycles. The smallest absolute Gasteiger partial charge is 0.252 e. The molecule has 104 valence electrons. The first-order valence-electron chi connectivity index (χ1n) is 6.80. The van der Waals surface area contributed by atoms with Crippen LogP contribution >= 0.6 is 27.5 Å². The summed E-state index contributed by atoms with van der Waals surface area (Å²) in [6.45, 7) is 2.97. The summed E-state index contributed by atoms with van der Waals surface area (Å²) < 4.78 is 0.757. The van der Waals surface area contributed by atoms with E-state index >= 15 is 0 Å². The van der Waals surface area contributed by atoms with E-state index in [1.54, 1.807) is 6.07 Å². The average Bonchev–Trinajstić information content (AvgIpc) is 2.89. The summed E-state index contributed by atoms with van der Waals surface area (Å²) in [6, 6.07) is 5.43. The fraction of sp³-hybridized carbons (Fsp3) is 0.533. The van der Waals surface area contributed by atoms with Crippen molar-refractivity contribution in [1.29, 1.82) is 0 Å². The highest BCUT2D eigenvalue weighted by molar-refractivity contribution is 9.10. The van der Waals surface area contributed by atoms with E-state index in [4.69, 9.17) is 11.6 Å². The molecule has 1 N–H and O–H groups in total. The van der Waals surface area contributed by atoms with Crippen LogP contribution < -0.4 is 5.32 Å². The Balaban J connectivity index is 2.03. The van der Waals surface area contributed by atoms with Crippen molar-refractivity contribution in [2.75, 3.05) is 6.54 Å². The van der Waals surface area contributed by atoms with E-state index < -0.39 is 0 Å². The van der Waals surface area contributed by atoms with E-state index in [2.05, 4.69) is 28.2 Å². The molecular formula is C15H19BrClNO. The van der Waals surface area contributed by atoms with E-state index in [-0.39, 0.29) is 5.91 Å². The molecule has 0 aliphatic heterocycles. The van der Waals surface area contributed by atoms with E-state index in [1.165, 1.54) is 25.7 Å². The van der Waals surface area contributed by atoms with Gasteiger partial charge in [0.05, 0.1) is 10.6 Å². The van der Waals surface area contributed by atoms with Crippen LogP contribution in [0.2, 0.25) is 5.02 Å². The van der Waals surface area contributed by atoms with Gasteiger partial charge in [-0.3, -0.25) is 4.79 Å². The van der Waals surface area contributed by atoms with Crippen molar-refractivity contribution in [3.8, 4) is 0 Å². The molecule has 0 aromatic heterocycles. The Morgan fingerprint density at radius 2 is 2.11 bits per heavy atom. The van der Waals surface area contributed by atoms with Crippen LogP contribution in [-0.2, 0) is 0 Å². The molecule has 2 rings (SSSR count). The van der Waals surface area contributed by atoms with Crippen LogP contribution in [0, 0.1) is 5.41 Å². The Labute approximate surface area is 128 Å². The van der Waals surface area contributed by atoms with Gasteiger partial charge in [-0.25, -0.2) is 0 Å². The second-order valence-electron chi connectivity index (χ2n) is 5.34. The van der Waals surface area contributed by atoms with Gasteiger partial charge < -0.3 is 5.32 Å². The quantitative estimate of drug-likeness (QED) is 0.835. The van der Waals surface area contributed by atoms with Gasteiger partial charge in [-0.15, -0.1) is 0 Å². The van der Waals surface area contributed by atoms with Gasteiger partial charge in [0.25, 0.3) is 5.91 Å². The molecule has 1 aliphatic carbocycles. The van der Waals surface area contributed by atoms with Crippen LogP contribution in [-0.4, -0.2) is 12.5 Å². The second kappa shape index (κ2) is 6.27. The molecule has 0 atom stereocenters. The number of benzene rings is 1. The van der Waals surface area contributed by atoms with Crippen molar-refractivity contribution in [2.24, 2.45) is 5.41 Å². The van der Waals surface area contributed by atoms with E-state index in [1.807, 2.05) is 12.1 Å². The minimum atomic E-state index is -0.0778. The largest absolute Gasteiger partial charge is 0.351 e. The Morgan fingerprint density at radius 1 is 1.42 bits per heavy atom. The fourth-order valence-corrected chi connectivity index (χ4v) is 3.40. The standard InChI is InChI=1S/C15H19BrClNO/c1-2-15(8-3-4-9-15)10-18-14(19)11-6-5-7-12(16)13(11)17/h5-7H,2-4,8-10H2,1H3,(H,18,19). The highest BCUT2D eigenvalue weighted by Gasteiger charge is 2.32. The van der Waals surface area contributed by atoms with Crippen LogP contribution in [0.5, 0.6) is 0 Å². The summed E-state index contributed by atoms with van der Waals surface area (Å²) in [5, 5.41) is 3.54. The van der Waals surface area contributed by atoms with Crippen LogP contribution in [0.4, 0.5) is 0 Å². The number of hydrogen-bond donors (Lipinski definition) is 1. The minimum absolute atomic E-state index is 0.0778. The molecule has 0 saturated heterocycles. The van der Waals surface area contributed by atoms with Gasteiger partial charge in [-0.1, -0.05) is 37.4 Å². The first-order valence-corrected chi connectivity index (χ1v) is 7.97. The maximum Gasteiger partial charge on any atom is 0.252 e. The minimum Gasteiger partial charge on any atom is -0.351 e. The van der Waals surface area contributed by atoms with E-state index in [9.17, 15) is 4.79 Å². The van der Waals surface area contributed by atoms with E-state index in [0.717, 1.165) is 17.4 Å². The lowest BCUT2D eigenvalue weighted by atomic mass is 9.83. The lowest BCUT2D eigenvalue weighted by Crippen LogP contribution is -2.35. The molecule has 2 nitrogen and oxygen atoms in total. The summed E-state index contributed by atoms with van der Waals surface area (Å²) in [5.74, 6) is -0.0778. The van der Waals surface area contributed by atoms with Gasteiger partial charge in [0.1, 0.15) is 0 Å². The van der Waals surface area contributed by atoms with Gasteiger partial charge >= 0.3 is 0 Å². The third-order valence-electron chi connectivity index (χ3n) is 4.23. The van der Waals surface area contributed by atoms with Crippen molar-refractivity contribution in [2.45, 2.75) is 39.0 Å². The number of halogens is 2. The number of rotatable bonds is 4. The number of nitrogens with one attached hydrogen (secondary N) is 1. The van der Waals surface area contributed by atoms with Crippen LogP contribution in [0.15, 0.2) is 22.7 Å². The first kappa shape index (κ1) is 14.9. The molecule has 0 heterocycles. The molecule has 1 aromatic rings. The Kier molecular flexibility index (Phi) is 4.91. The zero-order valence-corrected chi connectivity index (χ0v) is 13.5. The predicted octanol–water partition coefficient (Wildman–Crippen LogP) is 4.80. The lowest BCUT2D eigenvalue weighted by molar-refractivity contribution is 0.0929. The topological polar surface area (TPSA) is 29.1 Å². The molecule has 0 unspecified atom stereocenters. The summed E-state index contributed by atoms with van der Waals surface area (Å²) in [7, 11) is 0. The molecule has 0 bridgehead atoms. The van der Waals surface area contributed by atoms with E-state index in [0.29, 0.717) is 16.0 Å². The predicted molar refractivity (Wildman–Crippen MR) is 82.7 cm³/mol. The molecule has 4 heteroatoms. The molecule has 1 fully saturated rings. The maximum absolute atomic E-state index is 12.2. The summed E-state index contributed by atoms with van der Waals surface area (Å²) >= 11 is 9.49. The molecule has 1 saturated carbocycles. The van der Waals surface area contributed by atoms with Crippen LogP contribution in [0.25, 0.3) is 0 Å². The summed E-state index contributed by atoms with van der Waals surface area (Å²) in [5.41, 5.74) is 0.842. The highest BCUT2D eigenvalue weighted by atomic mass is 79.9. The average molecular weight is 345 g/mol. The van der Waals surface area contributed by atoms with Crippen molar-refractivity contribution in [3.05, 3.63) is 33.3 Å². The van der Waals surface area contributed by atoms with Crippen molar-refractivity contribution in [1.82, 2.24) is 5.32 Å². The molecule has 1 aliphatic rings. The third kappa shape index (κ3) is 3.32. The van der Waals surface area contributed by atoms with Crippen LogP contribution in [0.3, 0.4) is 0 Å². The lowest BCUT2D eigenvalue weighted by Gasteiger charge is -2.27. The zero-order valence-electron chi connectivity index (χ0n) is 11.1. The van der Waals surface area contributed by atoms with Crippen LogP contribution in [0.1, 0.15) is 49.4 Å². The first-order chi connectivity index (χ1) is 9.08. The molecule has 0 radical (unpaired) electrons. The molecule has 19 heavy (non-hydrogen) atoms. The Hall–Kier alpha value is -0.540. The summed E-state index contributed by atoms with van der Waals surface area (Å²) in [6.07, 6.45) is 6.12. The Bertz CT molecular complexity index is 469. The SMILES string of the molecule is CCC1(CNC(=O)c2cccc(Br)c2Cl)CCCC1. The molecular weight excluding hydrogens is 326 g/mol. The number of carbonyl (C=O) groups is 1. The molecule has 0 spiro atoms. The second-order valence-corrected chi connectivity index (χ2v) is 6.58. The monoisotopic (exact) mass is 343 g/mol. The van der Waals surface area contributed by atoms with Gasteiger partial charge in [-0.2, -0.15) is 0 Å². The number of hydrogen-bond acceptors (Lipinski definition) is 1. The van der Waals surface area contributed by atoms with Gasteiger partial charge in [-0.05, 0) is 52.7 Å². The van der Waals surface area contributed by atoms with Crippen molar-refractivity contribution in [3.63, 3.8) is 0 Å². The highest BCUT2D eigenvalue weighted by Crippen LogP contribution is 2.40. The number of amides is 1. The molecule has 1 amide bonds. The third-order valence-corrected chi connectivity index (χ3v) is 5.53. The summed E-state index contributed by atoms with van der Waals surface area (Å²) in [4.78, 5) is 12.2. The number of carbonyl (C=O) groups excluding carboxylic acids is 1. The van der Waals surface area contributed by atoms with Gasteiger partial charge in [0.15, 0.2) is 0 Å². The van der Waals surface area contributed by atoms with Crippen molar-refractivity contribution >= 4 is 33.4 Å². The van der Waals surface area contributed by atoms with Gasteiger partial charge in [0.2, 0.25) is 0 Å². The Morgan fingerprint density at radius 3 is 2.74 bits per heavy atom.